The summed E-state index contributed by atoms with van der Waals surface area (Å²) in [5, 5.41) is 12.5. The van der Waals surface area contributed by atoms with Gasteiger partial charge in [0.05, 0.1) is 0 Å². The molecule has 1 nitrogen and oxygen atoms in total. The summed E-state index contributed by atoms with van der Waals surface area (Å²) in [5.74, 6) is 0.385. The first-order chi connectivity index (χ1) is 9.76. The Labute approximate surface area is 119 Å². The van der Waals surface area contributed by atoms with Gasteiger partial charge in [0.2, 0.25) is 0 Å². The lowest BCUT2D eigenvalue weighted by atomic mass is 9.99. The molecule has 0 saturated heterocycles. The molecule has 0 saturated carbocycles. The molecule has 100 valence electrons. The minimum atomic E-state index is 0.385. The Morgan fingerprint density at radius 2 is 1.55 bits per heavy atom. The molecule has 0 aliphatic carbocycles. The van der Waals surface area contributed by atoms with Crippen LogP contribution in [0.4, 0.5) is 0 Å². The predicted octanol–water partition coefficient (Wildman–Crippen LogP) is 4.70. The summed E-state index contributed by atoms with van der Waals surface area (Å²) < 4.78 is 0. The Morgan fingerprint density at radius 3 is 2.35 bits per heavy atom. The van der Waals surface area contributed by atoms with Gasteiger partial charge in [-0.25, -0.2) is 0 Å². The van der Waals surface area contributed by atoms with Crippen molar-refractivity contribution in [1.29, 1.82) is 0 Å². The van der Waals surface area contributed by atoms with E-state index >= 15 is 0 Å². The summed E-state index contributed by atoms with van der Waals surface area (Å²) in [5.41, 5.74) is 3.49. The highest BCUT2D eigenvalue weighted by Crippen LogP contribution is 2.24. The van der Waals surface area contributed by atoms with Gasteiger partial charge in [0.1, 0.15) is 5.75 Å². The molecule has 0 fully saturated rings. The van der Waals surface area contributed by atoms with E-state index in [1.54, 1.807) is 6.07 Å². The van der Waals surface area contributed by atoms with Crippen molar-refractivity contribution in [3.05, 3.63) is 77.4 Å². The lowest BCUT2D eigenvalue weighted by molar-refractivity contribution is 0.469. The number of phenols is 1. The highest BCUT2D eigenvalue weighted by molar-refractivity contribution is 5.83. The van der Waals surface area contributed by atoms with Crippen LogP contribution in [-0.2, 0) is 12.8 Å². The zero-order valence-electron chi connectivity index (χ0n) is 11.6. The Bertz CT molecular complexity index is 744. The third-order valence-electron chi connectivity index (χ3n) is 3.76. The predicted molar refractivity (Wildman–Crippen MR) is 84.2 cm³/mol. The second-order valence-electron chi connectivity index (χ2n) is 5.17. The van der Waals surface area contributed by atoms with E-state index in [-0.39, 0.29) is 0 Å². The summed E-state index contributed by atoms with van der Waals surface area (Å²) in [4.78, 5) is 0. The van der Waals surface area contributed by atoms with Crippen LogP contribution in [0.3, 0.4) is 0 Å². The number of phenolic OH excluding ortho intramolecular Hbond substituents is 1. The van der Waals surface area contributed by atoms with Crippen LogP contribution in [0.5, 0.6) is 5.75 Å². The highest BCUT2D eigenvalue weighted by atomic mass is 16.3. The summed E-state index contributed by atoms with van der Waals surface area (Å²) in [6, 6.07) is 20.7. The first kappa shape index (κ1) is 12.7. The van der Waals surface area contributed by atoms with Gasteiger partial charge in [-0.3, -0.25) is 0 Å². The summed E-state index contributed by atoms with van der Waals surface area (Å²) in [6.45, 7) is 2.13. The summed E-state index contributed by atoms with van der Waals surface area (Å²) in [6.07, 6.45) is 1.76. The number of aromatic hydroxyl groups is 1. The molecule has 0 bridgehead atoms. The van der Waals surface area contributed by atoms with Crippen molar-refractivity contribution in [2.75, 3.05) is 0 Å². The molecule has 0 heterocycles. The maximum absolute atomic E-state index is 10.0. The van der Waals surface area contributed by atoms with E-state index in [0.29, 0.717) is 5.75 Å². The molecule has 0 unspecified atom stereocenters. The SMILES string of the molecule is CCc1ccc(O)c(Cc2ccc3ccccc3c2)c1. The Balaban J connectivity index is 1.96. The Kier molecular flexibility index (Phi) is 3.42. The van der Waals surface area contributed by atoms with Crippen LogP contribution in [0.25, 0.3) is 10.8 Å². The molecule has 1 N–H and O–H groups in total. The number of hydrogen-bond donors (Lipinski definition) is 1. The molecule has 0 amide bonds. The fourth-order valence-corrected chi connectivity index (χ4v) is 2.57. The van der Waals surface area contributed by atoms with Crippen LogP contribution >= 0.6 is 0 Å². The van der Waals surface area contributed by atoms with Crippen LogP contribution in [0.15, 0.2) is 60.7 Å². The van der Waals surface area contributed by atoms with Gasteiger partial charge in [-0.2, -0.15) is 0 Å². The minimum absolute atomic E-state index is 0.385. The second-order valence-corrected chi connectivity index (χ2v) is 5.17. The molecule has 1 heteroatoms. The maximum atomic E-state index is 10.0. The molecule has 3 aromatic rings. The average Bonchev–Trinajstić information content (AvgIpc) is 2.49. The van der Waals surface area contributed by atoms with Crippen LogP contribution in [-0.4, -0.2) is 5.11 Å². The molecule has 3 aromatic carbocycles. The number of hydrogen-bond acceptors (Lipinski definition) is 1. The quantitative estimate of drug-likeness (QED) is 0.725. The molecule has 0 radical (unpaired) electrons. The second kappa shape index (κ2) is 5.38. The maximum Gasteiger partial charge on any atom is 0.119 e. The van der Waals surface area contributed by atoms with Crippen LogP contribution in [0.1, 0.15) is 23.6 Å². The lowest BCUT2D eigenvalue weighted by Crippen LogP contribution is -1.91. The topological polar surface area (TPSA) is 20.2 Å². The van der Waals surface area contributed by atoms with E-state index in [1.807, 2.05) is 6.07 Å². The molecule has 0 spiro atoms. The Morgan fingerprint density at radius 1 is 0.800 bits per heavy atom. The summed E-state index contributed by atoms with van der Waals surface area (Å²) >= 11 is 0. The first-order valence-corrected chi connectivity index (χ1v) is 7.04. The van der Waals surface area contributed by atoms with Gasteiger partial charge in [0.15, 0.2) is 0 Å². The van der Waals surface area contributed by atoms with Crippen LogP contribution in [0, 0.1) is 0 Å². The van der Waals surface area contributed by atoms with E-state index in [4.69, 9.17) is 0 Å². The number of benzene rings is 3. The Hall–Kier alpha value is -2.28. The zero-order chi connectivity index (χ0) is 13.9. The van der Waals surface area contributed by atoms with Gasteiger partial charge in [-0.15, -0.1) is 0 Å². The largest absolute Gasteiger partial charge is 0.508 e. The standard InChI is InChI=1S/C19H18O/c1-2-14-8-10-19(20)18(11-14)13-15-7-9-16-5-3-4-6-17(16)12-15/h3-12,20H,2,13H2,1H3. The minimum Gasteiger partial charge on any atom is -0.508 e. The fraction of sp³-hybridized carbons (Fsp3) is 0.158. The van der Waals surface area contributed by atoms with Gasteiger partial charge < -0.3 is 5.11 Å². The van der Waals surface area contributed by atoms with E-state index in [2.05, 4.69) is 55.5 Å². The molecule has 0 aliphatic heterocycles. The van der Waals surface area contributed by atoms with Gasteiger partial charge in [-0.05, 0) is 39.9 Å². The van der Waals surface area contributed by atoms with Crippen molar-refractivity contribution in [3.63, 3.8) is 0 Å². The molecule has 3 rings (SSSR count). The smallest absolute Gasteiger partial charge is 0.119 e. The first-order valence-electron chi connectivity index (χ1n) is 7.04. The van der Waals surface area contributed by atoms with Crippen molar-refractivity contribution in [2.24, 2.45) is 0 Å². The van der Waals surface area contributed by atoms with Crippen molar-refractivity contribution in [2.45, 2.75) is 19.8 Å². The fourth-order valence-electron chi connectivity index (χ4n) is 2.57. The monoisotopic (exact) mass is 262 g/mol. The van der Waals surface area contributed by atoms with Gasteiger partial charge in [0, 0.05) is 6.42 Å². The molecular weight excluding hydrogens is 244 g/mol. The van der Waals surface area contributed by atoms with E-state index in [0.717, 1.165) is 18.4 Å². The van der Waals surface area contributed by atoms with Crippen molar-refractivity contribution in [3.8, 4) is 5.75 Å². The molecular formula is C19H18O. The van der Waals surface area contributed by atoms with Crippen LogP contribution in [0.2, 0.25) is 0 Å². The third kappa shape index (κ3) is 2.53. The van der Waals surface area contributed by atoms with Crippen LogP contribution < -0.4 is 0 Å². The van der Waals surface area contributed by atoms with E-state index in [9.17, 15) is 5.11 Å². The lowest BCUT2D eigenvalue weighted by Gasteiger charge is -2.08. The van der Waals surface area contributed by atoms with Gasteiger partial charge in [-0.1, -0.05) is 61.5 Å². The normalized spacial score (nSPS) is 10.8. The molecule has 20 heavy (non-hydrogen) atoms. The van der Waals surface area contributed by atoms with E-state index < -0.39 is 0 Å². The number of rotatable bonds is 3. The van der Waals surface area contributed by atoms with Crippen molar-refractivity contribution in [1.82, 2.24) is 0 Å². The zero-order valence-corrected chi connectivity index (χ0v) is 11.6. The molecule has 0 aromatic heterocycles. The number of fused-ring (bicyclic) bond motifs is 1. The van der Waals surface area contributed by atoms with Crippen molar-refractivity contribution >= 4 is 10.8 Å². The number of aryl methyl sites for hydroxylation is 1. The van der Waals surface area contributed by atoms with Crippen molar-refractivity contribution < 1.29 is 5.11 Å². The average molecular weight is 262 g/mol. The van der Waals surface area contributed by atoms with Gasteiger partial charge in [0.25, 0.3) is 0 Å². The summed E-state index contributed by atoms with van der Waals surface area (Å²) in [7, 11) is 0. The highest BCUT2D eigenvalue weighted by Gasteiger charge is 2.04. The van der Waals surface area contributed by atoms with E-state index in [1.165, 1.54) is 21.9 Å². The molecule has 0 aliphatic rings. The molecule has 0 atom stereocenters. The third-order valence-corrected chi connectivity index (χ3v) is 3.76. The van der Waals surface area contributed by atoms with Gasteiger partial charge >= 0.3 is 0 Å².